The molecule has 2 aromatic heterocycles. The zero-order valence-electron chi connectivity index (χ0n) is 7.71. The Hall–Kier alpha value is -0.840. The van der Waals surface area contributed by atoms with Gasteiger partial charge in [-0.05, 0) is 27.4 Å². The maximum atomic E-state index is 11.8. The van der Waals surface area contributed by atoms with Gasteiger partial charge in [-0.2, -0.15) is 5.21 Å². The van der Waals surface area contributed by atoms with E-state index in [1.165, 1.54) is 0 Å². The molecule has 0 amide bonds. The highest BCUT2D eigenvalue weighted by molar-refractivity contribution is 9.10. The third-order valence-corrected chi connectivity index (χ3v) is 5.71. The molecular formula is C6H6BrN5O2S2. The van der Waals surface area contributed by atoms with Crippen molar-refractivity contribution in [3.8, 4) is 0 Å². The summed E-state index contributed by atoms with van der Waals surface area (Å²) in [5.41, 5.74) is 0. The second-order valence-electron chi connectivity index (χ2n) is 2.71. The molecule has 0 unspecified atom stereocenters. The van der Waals surface area contributed by atoms with E-state index in [1.807, 2.05) is 0 Å². The van der Waals surface area contributed by atoms with E-state index in [4.69, 9.17) is 0 Å². The zero-order valence-corrected chi connectivity index (χ0v) is 10.9. The van der Waals surface area contributed by atoms with Gasteiger partial charge in [0.1, 0.15) is 4.21 Å². The van der Waals surface area contributed by atoms with E-state index in [0.717, 1.165) is 11.3 Å². The van der Waals surface area contributed by atoms with E-state index < -0.39 is 10.0 Å². The number of halogens is 1. The Bertz CT molecular complexity index is 564. The number of nitrogens with one attached hydrogen (secondary N) is 2. The third-order valence-electron chi connectivity index (χ3n) is 1.64. The number of tetrazole rings is 1. The lowest BCUT2D eigenvalue weighted by Gasteiger charge is -2.02. The number of rotatable bonds is 4. The smallest absolute Gasteiger partial charge is 0.206 e. The minimum atomic E-state index is -3.52. The molecule has 86 valence electrons. The van der Waals surface area contributed by atoms with E-state index in [2.05, 4.69) is 41.3 Å². The van der Waals surface area contributed by atoms with Gasteiger partial charge in [0.15, 0.2) is 5.82 Å². The second kappa shape index (κ2) is 4.57. The van der Waals surface area contributed by atoms with Gasteiger partial charge in [0.25, 0.3) is 10.0 Å². The summed E-state index contributed by atoms with van der Waals surface area (Å²) in [6.07, 6.45) is 0. The van der Waals surface area contributed by atoms with Crippen LogP contribution in [0, 0.1) is 0 Å². The van der Waals surface area contributed by atoms with E-state index in [0.29, 0.717) is 4.47 Å². The first-order chi connectivity index (χ1) is 7.59. The van der Waals surface area contributed by atoms with Crippen molar-refractivity contribution in [1.82, 2.24) is 25.3 Å². The van der Waals surface area contributed by atoms with Crippen LogP contribution in [0.2, 0.25) is 0 Å². The van der Waals surface area contributed by atoms with E-state index >= 15 is 0 Å². The second-order valence-corrected chi connectivity index (χ2v) is 6.44. The fourth-order valence-corrected chi connectivity index (χ4v) is 4.31. The summed E-state index contributed by atoms with van der Waals surface area (Å²) in [5.74, 6) is 0.288. The Morgan fingerprint density at radius 2 is 2.38 bits per heavy atom. The molecule has 0 saturated heterocycles. The van der Waals surface area contributed by atoms with E-state index in [9.17, 15) is 8.42 Å². The number of sulfonamides is 1. The largest absolute Gasteiger partial charge is 0.251 e. The molecule has 0 spiro atoms. The van der Waals surface area contributed by atoms with Crippen molar-refractivity contribution in [2.75, 3.05) is 0 Å². The molecule has 0 fully saturated rings. The Morgan fingerprint density at radius 1 is 1.56 bits per heavy atom. The molecule has 2 rings (SSSR count). The molecule has 0 aliphatic carbocycles. The predicted molar refractivity (Wildman–Crippen MR) is 60.2 cm³/mol. The predicted octanol–water partition coefficient (Wildman–Crippen LogP) is 0.502. The average Bonchev–Trinajstić information content (AvgIpc) is 2.85. The summed E-state index contributed by atoms with van der Waals surface area (Å²) in [4.78, 5) is 0. The lowest BCUT2D eigenvalue weighted by Crippen LogP contribution is -2.23. The molecule has 10 heteroatoms. The van der Waals surface area contributed by atoms with Gasteiger partial charge in [-0.25, -0.2) is 13.1 Å². The van der Waals surface area contributed by atoms with Crippen LogP contribution in [0.4, 0.5) is 0 Å². The Balaban J connectivity index is 2.13. The molecule has 16 heavy (non-hydrogen) atoms. The highest BCUT2D eigenvalue weighted by Gasteiger charge is 2.19. The van der Waals surface area contributed by atoms with Crippen molar-refractivity contribution in [1.29, 1.82) is 0 Å². The summed E-state index contributed by atoms with van der Waals surface area (Å²) in [7, 11) is -3.52. The molecule has 0 aromatic carbocycles. The molecule has 0 aliphatic rings. The number of aromatic nitrogens is 4. The lowest BCUT2D eigenvalue weighted by molar-refractivity contribution is 0.581. The van der Waals surface area contributed by atoms with Crippen LogP contribution in [-0.2, 0) is 16.6 Å². The Labute approximate surface area is 103 Å². The zero-order chi connectivity index (χ0) is 11.6. The highest BCUT2D eigenvalue weighted by atomic mass is 79.9. The van der Waals surface area contributed by atoms with Gasteiger partial charge in [0, 0.05) is 4.47 Å². The summed E-state index contributed by atoms with van der Waals surface area (Å²) >= 11 is 4.29. The first kappa shape index (κ1) is 11.6. The van der Waals surface area contributed by atoms with Crippen LogP contribution in [0.15, 0.2) is 20.1 Å². The van der Waals surface area contributed by atoms with E-state index in [-0.39, 0.29) is 16.6 Å². The fourth-order valence-electron chi connectivity index (χ4n) is 0.954. The summed E-state index contributed by atoms with van der Waals surface area (Å²) in [6.45, 7) is 0.00315. The monoisotopic (exact) mass is 323 g/mol. The molecule has 0 atom stereocenters. The first-order valence-electron chi connectivity index (χ1n) is 4.04. The van der Waals surface area contributed by atoms with Crippen LogP contribution in [-0.4, -0.2) is 29.0 Å². The van der Waals surface area contributed by atoms with Gasteiger partial charge in [-0.15, -0.1) is 21.5 Å². The van der Waals surface area contributed by atoms with Gasteiger partial charge in [0.05, 0.1) is 6.54 Å². The van der Waals surface area contributed by atoms with Crippen LogP contribution in [0.5, 0.6) is 0 Å². The van der Waals surface area contributed by atoms with Gasteiger partial charge in [-0.3, -0.25) is 0 Å². The SMILES string of the molecule is O=S(=O)(NCc1nn[nH]n1)c1sccc1Br. The number of nitrogens with zero attached hydrogens (tertiary/aromatic N) is 3. The topological polar surface area (TPSA) is 101 Å². The Kier molecular flexibility index (Phi) is 3.33. The maximum Gasteiger partial charge on any atom is 0.251 e. The molecule has 0 bridgehead atoms. The molecule has 0 aliphatic heterocycles. The number of thiophene rings is 1. The summed E-state index contributed by atoms with van der Waals surface area (Å²) < 4.78 is 26.7. The average molecular weight is 324 g/mol. The van der Waals surface area contributed by atoms with Gasteiger partial charge >= 0.3 is 0 Å². The maximum absolute atomic E-state index is 11.8. The number of hydrogen-bond acceptors (Lipinski definition) is 6. The van der Waals surface area contributed by atoms with E-state index in [1.54, 1.807) is 11.4 Å². The standard InChI is InChI=1S/C6H6BrN5O2S2/c7-4-1-2-15-6(4)16(13,14)8-3-5-9-11-12-10-5/h1-2,8H,3H2,(H,9,10,11,12). The van der Waals surface area contributed by atoms with Crippen molar-refractivity contribution in [2.45, 2.75) is 10.8 Å². The number of H-pyrrole nitrogens is 1. The summed E-state index contributed by atoms with van der Waals surface area (Å²) in [5, 5.41) is 14.5. The third kappa shape index (κ3) is 2.45. The number of hydrogen-bond donors (Lipinski definition) is 2. The quantitative estimate of drug-likeness (QED) is 0.853. The van der Waals surface area contributed by atoms with Crippen molar-refractivity contribution < 1.29 is 8.42 Å². The van der Waals surface area contributed by atoms with Crippen molar-refractivity contribution in [3.05, 3.63) is 21.7 Å². The minimum Gasteiger partial charge on any atom is -0.206 e. The lowest BCUT2D eigenvalue weighted by atomic mass is 10.6. The van der Waals surface area contributed by atoms with Gasteiger partial charge in [-0.1, -0.05) is 5.21 Å². The van der Waals surface area contributed by atoms with Gasteiger partial charge in [0.2, 0.25) is 0 Å². The van der Waals surface area contributed by atoms with Crippen LogP contribution >= 0.6 is 27.3 Å². The molecule has 0 radical (unpaired) electrons. The summed E-state index contributed by atoms with van der Waals surface area (Å²) in [6, 6.07) is 1.67. The molecular weight excluding hydrogens is 318 g/mol. The molecule has 2 heterocycles. The van der Waals surface area contributed by atoms with Crippen molar-refractivity contribution >= 4 is 37.3 Å². The molecule has 0 saturated carbocycles. The van der Waals surface area contributed by atoms with Crippen LogP contribution < -0.4 is 4.72 Å². The minimum absolute atomic E-state index is 0.00315. The van der Waals surface area contributed by atoms with Crippen molar-refractivity contribution in [3.63, 3.8) is 0 Å². The Morgan fingerprint density at radius 3 is 2.94 bits per heavy atom. The molecule has 7 nitrogen and oxygen atoms in total. The van der Waals surface area contributed by atoms with Crippen LogP contribution in [0.25, 0.3) is 0 Å². The van der Waals surface area contributed by atoms with Gasteiger partial charge < -0.3 is 0 Å². The first-order valence-corrected chi connectivity index (χ1v) is 7.20. The molecule has 2 aromatic rings. The van der Waals surface area contributed by atoms with Crippen molar-refractivity contribution in [2.24, 2.45) is 0 Å². The normalized spacial score (nSPS) is 11.8. The van der Waals surface area contributed by atoms with Crippen LogP contribution in [0.3, 0.4) is 0 Å². The highest BCUT2D eigenvalue weighted by Crippen LogP contribution is 2.27. The fraction of sp³-hybridized carbons (Fsp3) is 0.167. The molecule has 2 N–H and O–H groups in total. The number of aromatic amines is 1. The van der Waals surface area contributed by atoms with Crippen LogP contribution in [0.1, 0.15) is 5.82 Å².